The van der Waals surface area contributed by atoms with Crippen LogP contribution in [0.5, 0.6) is 0 Å². The number of nitrogen functional groups attached to an aromatic ring is 1. The first-order valence-corrected chi connectivity index (χ1v) is 7.90. The van der Waals surface area contributed by atoms with Crippen molar-refractivity contribution in [1.29, 1.82) is 0 Å². The zero-order valence-electron chi connectivity index (χ0n) is 10.7. The van der Waals surface area contributed by atoms with Crippen LogP contribution in [0.3, 0.4) is 0 Å². The van der Waals surface area contributed by atoms with E-state index >= 15 is 0 Å². The van der Waals surface area contributed by atoms with Crippen LogP contribution in [-0.4, -0.2) is 17.4 Å². The van der Waals surface area contributed by atoms with Gasteiger partial charge in [0.15, 0.2) is 0 Å². The molecule has 5 heteroatoms. The molecule has 100 valence electrons. The van der Waals surface area contributed by atoms with Crippen LogP contribution < -0.4 is 11.1 Å². The molecular formula is C13H19BrN2OS. The van der Waals surface area contributed by atoms with Crippen LogP contribution in [0.4, 0.5) is 11.4 Å². The maximum absolute atomic E-state index is 11.7. The molecule has 0 bridgehead atoms. The van der Waals surface area contributed by atoms with Crippen molar-refractivity contribution in [3.05, 3.63) is 22.7 Å². The van der Waals surface area contributed by atoms with Gasteiger partial charge in [0.2, 0.25) is 5.91 Å². The minimum absolute atomic E-state index is 0.0220. The fourth-order valence-electron chi connectivity index (χ4n) is 1.29. The average Bonchev–Trinajstić information content (AvgIpc) is 2.32. The molecule has 1 atom stereocenters. The van der Waals surface area contributed by atoms with Crippen molar-refractivity contribution in [2.45, 2.75) is 20.3 Å². The van der Waals surface area contributed by atoms with Gasteiger partial charge in [-0.3, -0.25) is 4.79 Å². The van der Waals surface area contributed by atoms with Crippen LogP contribution in [0.1, 0.15) is 20.3 Å². The van der Waals surface area contributed by atoms with E-state index in [1.54, 1.807) is 30.0 Å². The minimum Gasteiger partial charge on any atom is -0.399 e. The van der Waals surface area contributed by atoms with E-state index in [1.807, 2.05) is 0 Å². The van der Waals surface area contributed by atoms with E-state index in [0.717, 1.165) is 22.3 Å². The fourth-order valence-corrected chi connectivity index (χ4v) is 2.80. The summed E-state index contributed by atoms with van der Waals surface area (Å²) in [6.45, 7) is 4.36. The Kier molecular flexibility index (Phi) is 6.57. The molecule has 0 saturated carbocycles. The lowest BCUT2D eigenvalue weighted by atomic mass is 10.2. The number of anilines is 2. The van der Waals surface area contributed by atoms with E-state index in [2.05, 4.69) is 35.1 Å². The summed E-state index contributed by atoms with van der Waals surface area (Å²) in [5.41, 5.74) is 7.07. The van der Waals surface area contributed by atoms with Gasteiger partial charge >= 0.3 is 0 Å². The Morgan fingerprint density at radius 1 is 1.56 bits per heavy atom. The monoisotopic (exact) mass is 330 g/mol. The van der Waals surface area contributed by atoms with Gasteiger partial charge in [-0.1, -0.05) is 20.3 Å². The van der Waals surface area contributed by atoms with Gasteiger partial charge in [-0.25, -0.2) is 0 Å². The second kappa shape index (κ2) is 7.69. The van der Waals surface area contributed by atoms with Gasteiger partial charge in [0.05, 0.1) is 11.4 Å². The Bertz CT molecular complexity index is 412. The zero-order chi connectivity index (χ0) is 13.5. The molecule has 1 aromatic rings. The number of halogens is 1. The largest absolute Gasteiger partial charge is 0.399 e. The van der Waals surface area contributed by atoms with Crippen molar-refractivity contribution < 1.29 is 4.79 Å². The predicted octanol–water partition coefficient (Wildman–Crippen LogP) is 3.75. The van der Waals surface area contributed by atoms with Gasteiger partial charge in [-0.2, -0.15) is 11.8 Å². The topological polar surface area (TPSA) is 55.1 Å². The zero-order valence-corrected chi connectivity index (χ0v) is 13.1. The molecule has 0 aromatic heterocycles. The second-order valence-corrected chi connectivity index (χ2v) is 6.20. The molecule has 1 rings (SSSR count). The number of carbonyl (C=O) groups excluding carboxylic acids is 1. The number of nitrogens with one attached hydrogen (secondary N) is 1. The van der Waals surface area contributed by atoms with Crippen LogP contribution >= 0.6 is 27.7 Å². The molecule has 0 aliphatic heterocycles. The van der Waals surface area contributed by atoms with Crippen molar-refractivity contribution in [3.63, 3.8) is 0 Å². The van der Waals surface area contributed by atoms with E-state index in [9.17, 15) is 4.79 Å². The molecule has 3 nitrogen and oxygen atoms in total. The molecule has 0 fully saturated rings. The summed E-state index contributed by atoms with van der Waals surface area (Å²) in [5.74, 6) is 2.19. The average molecular weight is 331 g/mol. The van der Waals surface area contributed by atoms with Crippen LogP contribution in [0.15, 0.2) is 22.7 Å². The predicted molar refractivity (Wildman–Crippen MR) is 84.0 cm³/mol. The molecule has 0 aliphatic rings. The lowest BCUT2D eigenvalue weighted by Crippen LogP contribution is -2.15. The number of amides is 1. The molecule has 0 radical (unpaired) electrons. The van der Waals surface area contributed by atoms with E-state index < -0.39 is 0 Å². The molecule has 0 heterocycles. The number of carbonyl (C=O) groups is 1. The van der Waals surface area contributed by atoms with E-state index in [0.29, 0.717) is 17.4 Å². The maximum Gasteiger partial charge on any atom is 0.234 e. The van der Waals surface area contributed by atoms with Crippen LogP contribution in [0.25, 0.3) is 0 Å². The van der Waals surface area contributed by atoms with Crippen LogP contribution in [0, 0.1) is 5.92 Å². The van der Waals surface area contributed by atoms with E-state index in [1.165, 1.54) is 0 Å². The summed E-state index contributed by atoms with van der Waals surface area (Å²) in [5, 5.41) is 2.87. The second-order valence-electron chi connectivity index (χ2n) is 4.32. The van der Waals surface area contributed by atoms with Crippen molar-refractivity contribution in [2.24, 2.45) is 5.92 Å². The molecule has 1 unspecified atom stereocenters. The summed E-state index contributed by atoms with van der Waals surface area (Å²) >= 11 is 5.05. The van der Waals surface area contributed by atoms with E-state index in [-0.39, 0.29) is 5.91 Å². The normalized spacial score (nSPS) is 12.2. The van der Waals surface area contributed by atoms with Crippen LogP contribution in [-0.2, 0) is 4.79 Å². The third-order valence-electron chi connectivity index (χ3n) is 2.60. The first kappa shape index (κ1) is 15.4. The SMILES string of the molecule is CCC(C)CSCC(=O)Nc1ccc(N)cc1Br. The van der Waals surface area contributed by atoms with Gasteiger partial charge in [-0.15, -0.1) is 0 Å². The molecule has 0 spiro atoms. The number of thioether (sulfide) groups is 1. The van der Waals surface area contributed by atoms with Gasteiger partial charge in [0.25, 0.3) is 0 Å². The number of benzene rings is 1. The van der Waals surface area contributed by atoms with Gasteiger partial charge in [0, 0.05) is 10.2 Å². The molecule has 18 heavy (non-hydrogen) atoms. The lowest BCUT2D eigenvalue weighted by Gasteiger charge is -2.09. The van der Waals surface area contributed by atoms with Gasteiger partial charge in [-0.05, 0) is 45.8 Å². The number of nitrogens with two attached hydrogens (primary N) is 1. The Morgan fingerprint density at radius 3 is 2.89 bits per heavy atom. The third-order valence-corrected chi connectivity index (χ3v) is 4.53. The van der Waals surface area contributed by atoms with Crippen molar-refractivity contribution in [2.75, 3.05) is 22.6 Å². The first-order valence-electron chi connectivity index (χ1n) is 5.95. The van der Waals surface area contributed by atoms with E-state index in [4.69, 9.17) is 5.73 Å². The highest BCUT2D eigenvalue weighted by molar-refractivity contribution is 9.10. The maximum atomic E-state index is 11.7. The molecule has 0 saturated heterocycles. The minimum atomic E-state index is 0.0220. The highest BCUT2D eigenvalue weighted by Gasteiger charge is 2.07. The number of rotatable bonds is 6. The highest BCUT2D eigenvalue weighted by atomic mass is 79.9. The third kappa shape index (κ3) is 5.31. The molecule has 3 N–H and O–H groups in total. The molecule has 1 aromatic carbocycles. The Labute approximate surface area is 121 Å². The summed E-state index contributed by atoms with van der Waals surface area (Å²) < 4.78 is 0.808. The van der Waals surface area contributed by atoms with Gasteiger partial charge < -0.3 is 11.1 Å². The number of hydrogen-bond donors (Lipinski definition) is 2. The Morgan fingerprint density at radius 2 is 2.28 bits per heavy atom. The Hall–Kier alpha value is -0.680. The van der Waals surface area contributed by atoms with Crippen LogP contribution in [0.2, 0.25) is 0 Å². The quantitative estimate of drug-likeness (QED) is 0.781. The standard InChI is InChI=1S/C13H19BrN2OS/c1-3-9(2)7-18-8-13(17)16-12-5-4-10(15)6-11(12)14/h4-6,9H,3,7-8,15H2,1-2H3,(H,16,17). The molecule has 1 amide bonds. The summed E-state index contributed by atoms with van der Waals surface area (Å²) in [6.07, 6.45) is 1.15. The number of hydrogen-bond acceptors (Lipinski definition) is 3. The fraction of sp³-hybridized carbons (Fsp3) is 0.462. The highest BCUT2D eigenvalue weighted by Crippen LogP contribution is 2.24. The summed E-state index contributed by atoms with van der Waals surface area (Å²) in [7, 11) is 0. The van der Waals surface area contributed by atoms with Crippen molar-refractivity contribution in [3.8, 4) is 0 Å². The smallest absolute Gasteiger partial charge is 0.234 e. The van der Waals surface area contributed by atoms with Crippen molar-refractivity contribution in [1.82, 2.24) is 0 Å². The summed E-state index contributed by atoms with van der Waals surface area (Å²) in [6, 6.07) is 5.35. The summed E-state index contributed by atoms with van der Waals surface area (Å²) in [4.78, 5) is 11.7. The van der Waals surface area contributed by atoms with Gasteiger partial charge in [0.1, 0.15) is 0 Å². The lowest BCUT2D eigenvalue weighted by molar-refractivity contribution is -0.113. The Balaban J connectivity index is 2.40. The molecular weight excluding hydrogens is 312 g/mol. The van der Waals surface area contributed by atoms with Crippen molar-refractivity contribution >= 4 is 45.0 Å². The molecule has 0 aliphatic carbocycles. The first-order chi connectivity index (χ1) is 8.52.